The van der Waals surface area contributed by atoms with Crippen molar-refractivity contribution in [1.29, 1.82) is 0 Å². The summed E-state index contributed by atoms with van der Waals surface area (Å²) >= 11 is 0. The number of carbonyl (C=O) groups is 2. The van der Waals surface area contributed by atoms with Crippen molar-refractivity contribution in [2.24, 2.45) is 0 Å². The highest BCUT2D eigenvalue weighted by molar-refractivity contribution is 5.97. The van der Waals surface area contributed by atoms with Crippen LogP contribution in [0, 0.1) is 6.92 Å². The summed E-state index contributed by atoms with van der Waals surface area (Å²) in [6, 6.07) is 17.0. The number of hydrogen-bond donors (Lipinski definition) is 1. The van der Waals surface area contributed by atoms with Gasteiger partial charge in [0.05, 0.1) is 17.9 Å². The molecule has 1 atom stereocenters. The number of rotatable bonds is 5. The molecule has 1 saturated heterocycles. The quantitative estimate of drug-likeness (QED) is 0.696. The molecule has 0 aliphatic carbocycles. The first-order valence-corrected chi connectivity index (χ1v) is 10.4. The molecule has 4 rings (SSSR count). The normalized spacial score (nSPS) is 15.1. The lowest BCUT2D eigenvalue weighted by atomic mass is 10.1. The molecule has 0 saturated carbocycles. The summed E-state index contributed by atoms with van der Waals surface area (Å²) in [5.74, 6) is 0.00357. The molecule has 154 valence electrons. The summed E-state index contributed by atoms with van der Waals surface area (Å²) in [6.45, 7) is 4.70. The summed E-state index contributed by atoms with van der Waals surface area (Å²) in [5, 5.41) is 7.54. The Morgan fingerprint density at radius 3 is 2.47 bits per heavy atom. The van der Waals surface area contributed by atoms with Crippen LogP contribution in [0.25, 0.3) is 5.69 Å². The van der Waals surface area contributed by atoms with Gasteiger partial charge < -0.3 is 10.2 Å². The van der Waals surface area contributed by atoms with E-state index in [-0.39, 0.29) is 17.9 Å². The maximum absolute atomic E-state index is 12.7. The van der Waals surface area contributed by atoms with Crippen molar-refractivity contribution in [1.82, 2.24) is 15.1 Å². The van der Waals surface area contributed by atoms with Crippen LogP contribution in [0.5, 0.6) is 0 Å². The first kappa shape index (κ1) is 19.9. The highest BCUT2D eigenvalue weighted by Crippen LogP contribution is 2.23. The van der Waals surface area contributed by atoms with E-state index in [4.69, 9.17) is 0 Å². The molecule has 6 nitrogen and oxygen atoms in total. The molecule has 0 bridgehead atoms. The SMILES string of the molecule is Cc1c(C(C)NC(=O)c2ccc(N3CCCCC3=O)cc2)cnn1-c1ccccc1. The third-order valence-corrected chi connectivity index (χ3v) is 5.63. The Morgan fingerprint density at radius 1 is 1.03 bits per heavy atom. The van der Waals surface area contributed by atoms with Crippen LogP contribution in [-0.2, 0) is 4.79 Å². The number of aromatic nitrogens is 2. The van der Waals surface area contributed by atoms with Crippen LogP contribution in [-0.4, -0.2) is 28.1 Å². The van der Waals surface area contributed by atoms with Gasteiger partial charge in [0.15, 0.2) is 0 Å². The first-order chi connectivity index (χ1) is 14.5. The van der Waals surface area contributed by atoms with Gasteiger partial charge in [0, 0.05) is 35.5 Å². The Morgan fingerprint density at radius 2 is 1.77 bits per heavy atom. The molecule has 3 aromatic rings. The van der Waals surface area contributed by atoms with Crippen molar-refractivity contribution in [3.8, 4) is 5.69 Å². The second-order valence-electron chi connectivity index (χ2n) is 7.68. The number of para-hydroxylation sites is 1. The average molecular weight is 402 g/mol. The average Bonchev–Trinajstić information content (AvgIpc) is 3.16. The van der Waals surface area contributed by atoms with Gasteiger partial charge in [0.25, 0.3) is 5.91 Å². The number of hydrogen-bond acceptors (Lipinski definition) is 3. The van der Waals surface area contributed by atoms with E-state index >= 15 is 0 Å². The maximum atomic E-state index is 12.7. The van der Waals surface area contributed by atoms with Crippen molar-refractivity contribution in [3.05, 3.63) is 77.6 Å². The molecule has 2 heterocycles. The standard InChI is InChI=1S/C24H26N4O2/c1-17(22-16-25-28(18(22)2)21-8-4-3-5-9-21)26-24(30)19-11-13-20(14-12-19)27-15-7-6-10-23(27)29/h3-5,8-9,11-14,16-17H,6-7,10,15H2,1-2H3,(H,26,30). The number of nitrogens with one attached hydrogen (secondary N) is 1. The maximum Gasteiger partial charge on any atom is 0.251 e. The molecule has 0 spiro atoms. The second-order valence-corrected chi connectivity index (χ2v) is 7.68. The van der Waals surface area contributed by atoms with Crippen molar-refractivity contribution in [2.75, 3.05) is 11.4 Å². The number of nitrogens with zero attached hydrogens (tertiary/aromatic N) is 3. The largest absolute Gasteiger partial charge is 0.345 e. The molecule has 1 aliphatic heterocycles. The van der Waals surface area contributed by atoms with E-state index in [0.29, 0.717) is 12.0 Å². The lowest BCUT2D eigenvalue weighted by Crippen LogP contribution is -2.35. The zero-order valence-electron chi connectivity index (χ0n) is 17.3. The fourth-order valence-corrected chi connectivity index (χ4v) is 3.91. The van der Waals surface area contributed by atoms with Crippen LogP contribution in [0.2, 0.25) is 0 Å². The lowest BCUT2D eigenvalue weighted by molar-refractivity contribution is -0.119. The predicted octanol–water partition coefficient (Wildman–Crippen LogP) is 4.19. The van der Waals surface area contributed by atoms with Crippen LogP contribution in [0.15, 0.2) is 60.8 Å². The zero-order chi connectivity index (χ0) is 21.1. The van der Waals surface area contributed by atoms with Gasteiger partial charge in [0.2, 0.25) is 5.91 Å². The van der Waals surface area contributed by atoms with Gasteiger partial charge in [-0.2, -0.15) is 5.10 Å². The van der Waals surface area contributed by atoms with Crippen LogP contribution in [0.1, 0.15) is 53.8 Å². The van der Waals surface area contributed by atoms with Crippen molar-refractivity contribution in [3.63, 3.8) is 0 Å². The summed E-state index contributed by atoms with van der Waals surface area (Å²) in [4.78, 5) is 26.6. The Hall–Kier alpha value is -3.41. The summed E-state index contributed by atoms with van der Waals surface area (Å²) in [5.41, 5.74) is 4.38. The summed E-state index contributed by atoms with van der Waals surface area (Å²) in [7, 11) is 0. The fraction of sp³-hybridized carbons (Fsp3) is 0.292. The Balaban J connectivity index is 1.45. The number of piperidine rings is 1. The fourth-order valence-electron chi connectivity index (χ4n) is 3.91. The first-order valence-electron chi connectivity index (χ1n) is 10.4. The molecule has 1 aromatic heterocycles. The third kappa shape index (κ3) is 3.99. The molecule has 1 N–H and O–H groups in total. The van der Waals surface area contributed by atoms with Gasteiger partial charge in [-0.3, -0.25) is 9.59 Å². The van der Waals surface area contributed by atoms with Gasteiger partial charge in [-0.15, -0.1) is 0 Å². The highest BCUT2D eigenvalue weighted by atomic mass is 16.2. The van der Waals surface area contributed by atoms with Crippen molar-refractivity contribution < 1.29 is 9.59 Å². The smallest absolute Gasteiger partial charge is 0.251 e. The second kappa shape index (κ2) is 8.53. The summed E-state index contributed by atoms with van der Waals surface area (Å²) < 4.78 is 1.88. The Bertz CT molecular complexity index is 1040. The molecule has 1 unspecified atom stereocenters. The van der Waals surface area contributed by atoms with Gasteiger partial charge in [-0.25, -0.2) is 4.68 Å². The number of anilines is 1. The number of amides is 2. The van der Waals surface area contributed by atoms with Crippen molar-refractivity contribution in [2.45, 2.75) is 39.2 Å². The number of carbonyl (C=O) groups excluding carboxylic acids is 2. The van der Waals surface area contributed by atoms with Crippen LogP contribution < -0.4 is 10.2 Å². The minimum Gasteiger partial charge on any atom is -0.345 e. The Kier molecular flexibility index (Phi) is 5.65. The number of benzene rings is 2. The monoisotopic (exact) mass is 402 g/mol. The molecule has 30 heavy (non-hydrogen) atoms. The molecule has 2 aromatic carbocycles. The lowest BCUT2D eigenvalue weighted by Gasteiger charge is -2.26. The van der Waals surface area contributed by atoms with E-state index in [1.165, 1.54) is 0 Å². The molecule has 0 radical (unpaired) electrons. The van der Waals surface area contributed by atoms with Crippen LogP contribution in [0.3, 0.4) is 0 Å². The van der Waals surface area contributed by atoms with Gasteiger partial charge in [0.1, 0.15) is 0 Å². The van der Waals surface area contributed by atoms with E-state index < -0.39 is 0 Å². The van der Waals surface area contributed by atoms with Gasteiger partial charge >= 0.3 is 0 Å². The van der Waals surface area contributed by atoms with Gasteiger partial charge in [-0.1, -0.05) is 18.2 Å². The van der Waals surface area contributed by atoms with Gasteiger partial charge in [-0.05, 0) is 63.1 Å². The molecular formula is C24H26N4O2. The van der Waals surface area contributed by atoms with Crippen molar-refractivity contribution >= 4 is 17.5 Å². The molecule has 6 heteroatoms. The minimum atomic E-state index is -0.182. The molecule has 1 aliphatic rings. The molecule has 1 fully saturated rings. The molecular weight excluding hydrogens is 376 g/mol. The van der Waals surface area contributed by atoms with E-state index in [2.05, 4.69) is 10.4 Å². The van der Waals surface area contributed by atoms with E-state index in [1.54, 1.807) is 23.2 Å². The Labute approximate surface area is 176 Å². The third-order valence-electron chi connectivity index (χ3n) is 5.63. The van der Waals surface area contributed by atoms with Crippen LogP contribution in [0.4, 0.5) is 5.69 Å². The molecule has 2 amide bonds. The van der Waals surface area contributed by atoms with E-state index in [9.17, 15) is 9.59 Å². The predicted molar refractivity (Wildman–Crippen MR) is 117 cm³/mol. The van der Waals surface area contributed by atoms with E-state index in [1.807, 2.05) is 61.0 Å². The highest BCUT2D eigenvalue weighted by Gasteiger charge is 2.20. The van der Waals surface area contributed by atoms with E-state index in [0.717, 1.165) is 42.0 Å². The minimum absolute atomic E-state index is 0.147. The van der Waals surface area contributed by atoms with Crippen LogP contribution >= 0.6 is 0 Å². The zero-order valence-corrected chi connectivity index (χ0v) is 17.3. The summed E-state index contributed by atoms with van der Waals surface area (Å²) in [6.07, 6.45) is 4.36. The topological polar surface area (TPSA) is 67.2 Å².